The number of aliphatic carboxylic acids is 1. The number of hydrogen-bond donors (Lipinski definition) is 1. The van der Waals surface area contributed by atoms with Crippen molar-refractivity contribution in [2.45, 2.75) is 37.7 Å². The van der Waals surface area contributed by atoms with E-state index in [1.54, 1.807) is 42.5 Å². The minimum atomic E-state index is -3.81. The van der Waals surface area contributed by atoms with Crippen LogP contribution in [0.4, 0.5) is 0 Å². The molecule has 0 aliphatic rings. The number of nitrogens with zero attached hydrogens (tertiary/aromatic N) is 1. The maximum atomic E-state index is 13.2. The monoisotopic (exact) mass is 513 g/mol. The van der Waals surface area contributed by atoms with Gasteiger partial charge in [0.2, 0.25) is 0 Å². The van der Waals surface area contributed by atoms with Crippen molar-refractivity contribution in [3.8, 4) is 5.75 Å². The molecule has 3 aromatic rings. The van der Waals surface area contributed by atoms with Gasteiger partial charge in [-0.15, -0.1) is 0 Å². The maximum absolute atomic E-state index is 13.2. The first kappa shape index (κ1) is 20.7. The van der Waals surface area contributed by atoms with Crippen LogP contribution in [0.1, 0.15) is 25.8 Å². The van der Waals surface area contributed by atoms with Crippen LogP contribution in [0.2, 0.25) is 0 Å². The summed E-state index contributed by atoms with van der Waals surface area (Å²) >= 11 is 2.12. The molecule has 1 aromatic heterocycles. The lowest BCUT2D eigenvalue weighted by molar-refractivity contribution is -0.136. The summed E-state index contributed by atoms with van der Waals surface area (Å²) in [6, 6.07) is 11.8. The van der Waals surface area contributed by atoms with Gasteiger partial charge in [-0.2, -0.15) is 0 Å². The average Bonchev–Trinajstić information content (AvgIpc) is 2.98. The van der Waals surface area contributed by atoms with Crippen molar-refractivity contribution < 1.29 is 23.1 Å². The van der Waals surface area contributed by atoms with E-state index in [1.807, 2.05) is 13.8 Å². The van der Waals surface area contributed by atoms with E-state index in [1.165, 1.54) is 10.2 Å². The Hall–Kier alpha value is -2.07. The van der Waals surface area contributed by atoms with Gasteiger partial charge in [0, 0.05) is 21.6 Å². The fourth-order valence-electron chi connectivity index (χ4n) is 2.95. The van der Waals surface area contributed by atoms with E-state index < -0.39 is 16.0 Å². The molecule has 0 unspecified atom stereocenters. The molecule has 0 atom stereocenters. The number of carboxylic acids is 1. The zero-order chi connectivity index (χ0) is 20.5. The van der Waals surface area contributed by atoms with E-state index in [9.17, 15) is 13.2 Å². The number of carbonyl (C=O) groups is 1. The van der Waals surface area contributed by atoms with E-state index >= 15 is 0 Å². The van der Waals surface area contributed by atoms with Gasteiger partial charge in [0.15, 0.2) is 0 Å². The Morgan fingerprint density at radius 2 is 1.86 bits per heavy atom. The predicted molar refractivity (Wildman–Crippen MR) is 115 cm³/mol. The molecule has 0 radical (unpaired) electrons. The lowest BCUT2D eigenvalue weighted by Gasteiger charge is -2.11. The van der Waals surface area contributed by atoms with E-state index in [-0.39, 0.29) is 23.8 Å². The highest BCUT2D eigenvalue weighted by Crippen LogP contribution is 2.30. The zero-order valence-corrected chi connectivity index (χ0v) is 18.4. The largest absolute Gasteiger partial charge is 0.491 e. The molecule has 0 fully saturated rings. The molecule has 0 aliphatic carbocycles. The first-order chi connectivity index (χ1) is 13.2. The number of aromatic nitrogens is 1. The number of hydrogen-bond acceptors (Lipinski definition) is 4. The molecule has 0 amide bonds. The van der Waals surface area contributed by atoms with E-state index in [4.69, 9.17) is 9.84 Å². The average molecular weight is 513 g/mol. The summed E-state index contributed by atoms with van der Waals surface area (Å²) in [4.78, 5) is 11.2. The molecule has 0 aliphatic heterocycles. The van der Waals surface area contributed by atoms with Crippen LogP contribution in [0, 0.1) is 3.57 Å². The van der Waals surface area contributed by atoms with Gasteiger partial charge in [-0.1, -0.05) is 0 Å². The highest BCUT2D eigenvalue weighted by molar-refractivity contribution is 14.1. The summed E-state index contributed by atoms with van der Waals surface area (Å²) in [6.45, 7) is 3.81. The van der Waals surface area contributed by atoms with Gasteiger partial charge in [-0.3, -0.25) is 4.79 Å². The van der Waals surface area contributed by atoms with Crippen LogP contribution < -0.4 is 4.74 Å². The summed E-state index contributed by atoms with van der Waals surface area (Å²) < 4.78 is 34.3. The molecule has 148 valence electrons. The number of aryl methyl sites for hydroxylation is 1. The Balaban J connectivity index is 2.16. The highest BCUT2D eigenvalue weighted by Gasteiger charge is 2.22. The molecule has 0 saturated carbocycles. The number of fused-ring (bicyclic) bond motifs is 1. The molecule has 0 saturated heterocycles. The topological polar surface area (TPSA) is 85.6 Å². The third kappa shape index (κ3) is 4.33. The van der Waals surface area contributed by atoms with Crippen molar-refractivity contribution in [2.75, 3.05) is 0 Å². The van der Waals surface area contributed by atoms with Gasteiger partial charge in [-0.25, -0.2) is 12.4 Å². The van der Waals surface area contributed by atoms with Crippen molar-refractivity contribution in [3.63, 3.8) is 0 Å². The fourth-order valence-corrected chi connectivity index (χ4v) is 4.70. The quantitative estimate of drug-likeness (QED) is 0.477. The first-order valence-corrected chi connectivity index (χ1v) is 11.2. The van der Waals surface area contributed by atoms with Crippen LogP contribution in [0.15, 0.2) is 53.6 Å². The standard InChI is InChI=1S/C20H20INO5S/c1-13(2)27-16-6-9-19-18(11-16)14(3-10-20(23)24)12-22(19)28(25,26)17-7-4-15(21)5-8-17/h4-9,11-13H,3,10H2,1-2H3,(H,23,24). The van der Waals surface area contributed by atoms with E-state index in [0.29, 0.717) is 22.2 Å². The normalized spacial score (nSPS) is 11.9. The van der Waals surface area contributed by atoms with Crippen LogP contribution in [0.3, 0.4) is 0 Å². The van der Waals surface area contributed by atoms with Gasteiger partial charge in [0.05, 0.1) is 16.5 Å². The van der Waals surface area contributed by atoms with Crippen molar-refractivity contribution in [3.05, 3.63) is 57.8 Å². The Morgan fingerprint density at radius 1 is 1.18 bits per heavy atom. The van der Waals surface area contributed by atoms with Crippen molar-refractivity contribution in [1.29, 1.82) is 0 Å². The van der Waals surface area contributed by atoms with Crippen molar-refractivity contribution in [2.24, 2.45) is 0 Å². The van der Waals surface area contributed by atoms with Crippen LogP contribution in [-0.2, 0) is 21.2 Å². The second-order valence-electron chi connectivity index (χ2n) is 6.65. The van der Waals surface area contributed by atoms with Gasteiger partial charge < -0.3 is 9.84 Å². The number of halogens is 1. The van der Waals surface area contributed by atoms with E-state index in [2.05, 4.69) is 22.6 Å². The molecular weight excluding hydrogens is 493 g/mol. The maximum Gasteiger partial charge on any atom is 0.303 e. The van der Waals surface area contributed by atoms with Crippen LogP contribution in [0.25, 0.3) is 10.9 Å². The lowest BCUT2D eigenvalue weighted by atomic mass is 10.1. The molecule has 28 heavy (non-hydrogen) atoms. The van der Waals surface area contributed by atoms with Crippen molar-refractivity contribution in [1.82, 2.24) is 3.97 Å². The third-order valence-corrected chi connectivity index (χ3v) is 6.58. The molecule has 6 nitrogen and oxygen atoms in total. The molecule has 8 heteroatoms. The van der Waals surface area contributed by atoms with Gasteiger partial charge in [0.1, 0.15) is 5.75 Å². The SMILES string of the molecule is CC(C)Oc1ccc2c(c1)c(CCC(=O)O)cn2S(=O)(=O)c1ccc(I)cc1. The second-order valence-corrected chi connectivity index (χ2v) is 9.71. The predicted octanol–water partition coefficient (Wildman–Crippen LogP) is 4.29. The summed E-state index contributed by atoms with van der Waals surface area (Å²) in [6.07, 6.45) is 1.63. The Kier molecular flexibility index (Phi) is 5.99. The van der Waals surface area contributed by atoms with Crippen LogP contribution in [-0.4, -0.2) is 29.6 Å². The highest BCUT2D eigenvalue weighted by atomic mass is 127. The summed E-state index contributed by atoms with van der Waals surface area (Å²) in [5.74, 6) is -0.320. The number of carboxylic acid groups (broad SMARTS) is 1. The lowest BCUT2D eigenvalue weighted by Crippen LogP contribution is -2.12. The number of benzene rings is 2. The molecule has 0 spiro atoms. The van der Waals surface area contributed by atoms with Gasteiger partial charge >= 0.3 is 5.97 Å². The fraction of sp³-hybridized carbons (Fsp3) is 0.250. The molecule has 3 rings (SSSR count). The number of rotatable bonds is 7. The third-order valence-electron chi connectivity index (χ3n) is 4.17. The van der Waals surface area contributed by atoms with E-state index in [0.717, 1.165) is 3.57 Å². The minimum Gasteiger partial charge on any atom is -0.491 e. The summed E-state index contributed by atoms with van der Waals surface area (Å²) in [5, 5.41) is 9.72. The van der Waals surface area contributed by atoms with Gasteiger partial charge in [-0.05, 0) is 90.9 Å². The van der Waals surface area contributed by atoms with Crippen LogP contribution >= 0.6 is 22.6 Å². The van der Waals surface area contributed by atoms with Gasteiger partial charge in [0.25, 0.3) is 10.0 Å². The van der Waals surface area contributed by atoms with Crippen LogP contribution in [0.5, 0.6) is 5.75 Å². The number of ether oxygens (including phenoxy) is 1. The Bertz CT molecular complexity index is 1120. The molecule has 1 N–H and O–H groups in total. The second kappa shape index (κ2) is 8.12. The molecular formula is C20H20INO5S. The smallest absolute Gasteiger partial charge is 0.303 e. The van der Waals surface area contributed by atoms with Crippen molar-refractivity contribution >= 4 is 49.5 Å². The first-order valence-electron chi connectivity index (χ1n) is 8.72. The molecule has 2 aromatic carbocycles. The Morgan fingerprint density at radius 3 is 2.46 bits per heavy atom. The minimum absolute atomic E-state index is 0.0301. The summed E-state index contributed by atoms with van der Waals surface area (Å²) in [7, 11) is -3.81. The molecule has 1 heterocycles. The molecule has 0 bridgehead atoms. The Labute approximate surface area is 177 Å². The summed E-state index contributed by atoms with van der Waals surface area (Å²) in [5.41, 5.74) is 1.15. The zero-order valence-electron chi connectivity index (χ0n) is 15.4.